The summed E-state index contributed by atoms with van der Waals surface area (Å²) < 4.78 is 5.13. The number of amides is 1. The molecule has 136 valence electrons. The van der Waals surface area contributed by atoms with Crippen LogP contribution in [0.2, 0.25) is 20.1 Å². The van der Waals surface area contributed by atoms with Crippen LogP contribution in [0.25, 0.3) is 0 Å². The van der Waals surface area contributed by atoms with Crippen LogP contribution in [0.5, 0.6) is 5.75 Å². The summed E-state index contributed by atoms with van der Waals surface area (Å²) in [6.07, 6.45) is 1.26. The minimum absolute atomic E-state index is 0.0692. The quantitative estimate of drug-likeness (QED) is 0.402. The van der Waals surface area contributed by atoms with Gasteiger partial charge < -0.3 is 4.74 Å². The van der Waals surface area contributed by atoms with Crippen molar-refractivity contribution in [1.82, 2.24) is 5.43 Å². The van der Waals surface area contributed by atoms with Gasteiger partial charge in [0.2, 0.25) is 5.75 Å². The van der Waals surface area contributed by atoms with E-state index in [2.05, 4.69) is 10.5 Å². The normalized spacial score (nSPS) is 10.8. The molecular formula is C15H9Cl4N3O4. The van der Waals surface area contributed by atoms with Gasteiger partial charge in [-0.2, -0.15) is 5.10 Å². The minimum Gasteiger partial charge on any atom is -0.476 e. The fourth-order valence-corrected chi connectivity index (χ4v) is 2.83. The lowest BCUT2D eigenvalue weighted by Gasteiger charge is -2.08. The van der Waals surface area contributed by atoms with Crippen LogP contribution in [-0.2, 0) is 4.79 Å². The van der Waals surface area contributed by atoms with Crippen LogP contribution in [0, 0.1) is 10.1 Å². The van der Waals surface area contributed by atoms with Gasteiger partial charge in [0.15, 0.2) is 6.61 Å². The Hall–Kier alpha value is -2.06. The molecule has 2 rings (SSSR count). The van der Waals surface area contributed by atoms with Crippen molar-refractivity contribution in [2.45, 2.75) is 0 Å². The predicted octanol–water partition coefficient (Wildman–Crippen LogP) is 4.74. The van der Waals surface area contributed by atoms with Gasteiger partial charge >= 0.3 is 5.69 Å². The SMILES string of the molecule is O=C(COc1c(Cl)cc(Cl)cc1[N+](=O)[O-])N/N=C/c1c(Cl)cccc1Cl. The smallest absolute Gasteiger partial charge is 0.314 e. The highest BCUT2D eigenvalue weighted by atomic mass is 35.5. The fraction of sp³-hybridized carbons (Fsp3) is 0.0667. The molecule has 0 atom stereocenters. The van der Waals surface area contributed by atoms with Gasteiger partial charge in [0.05, 0.1) is 26.2 Å². The molecule has 2 aromatic rings. The van der Waals surface area contributed by atoms with Crippen molar-refractivity contribution in [1.29, 1.82) is 0 Å². The summed E-state index contributed by atoms with van der Waals surface area (Å²) in [7, 11) is 0. The molecule has 0 fully saturated rings. The zero-order valence-corrected chi connectivity index (χ0v) is 15.7. The summed E-state index contributed by atoms with van der Waals surface area (Å²) in [6, 6.07) is 7.22. The third-order valence-electron chi connectivity index (χ3n) is 2.92. The zero-order valence-electron chi connectivity index (χ0n) is 12.7. The third-order valence-corrected chi connectivity index (χ3v) is 4.07. The van der Waals surface area contributed by atoms with E-state index in [4.69, 9.17) is 51.1 Å². The van der Waals surface area contributed by atoms with Crippen molar-refractivity contribution in [3.8, 4) is 5.75 Å². The molecule has 0 spiro atoms. The Labute approximate surface area is 167 Å². The minimum atomic E-state index is -0.720. The number of nitro benzene ring substituents is 1. The zero-order chi connectivity index (χ0) is 19.3. The molecule has 0 bridgehead atoms. The van der Waals surface area contributed by atoms with Crippen molar-refractivity contribution in [2.24, 2.45) is 5.10 Å². The number of hydrogen-bond donors (Lipinski definition) is 1. The molecule has 0 heterocycles. The Morgan fingerprint density at radius 3 is 2.46 bits per heavy atom. The number of nitro groups is 1. The highest BCUT2D eigenvalue weighted by Crippen LogP contribution is 2.37. The molecule has 11 heteroatoms. The van der Waals surface area contributed by atoms with Crippen LogP contribution in [0.4, 0.5) is 5.69 Å². The van der Waals surface area contributed by atoms with Crippen molar-refractivity contribution >= 4 is 64.2 Å². The number of nitrogens with one attached hydrogen (secondary N) is 1. The van der Waals surface area contributed by atoms with Gasteiger partial charge in [0.25, 0.3) is 5.91 Å². The standard InChI is InChI=1S/C15H9Cl4N3O4/c16-8-4-12(19)15(13(5-8)22(24)25)26-7-14(23)21-20-6-9-10(17)2-1-3-11(9)18/h1-6H,7H2,(H,21,23)/b20-6+. The first-order valence-electron chi connectivity index (χ1n) is 6.81. The Morgan fingerprint density at radius 2 is 1.85 bits per heavy atom. The molecular weight excluding hydrogens is 428 g/mol. The van der Waals surface area contributed by atoms with Crippen molar-refractivity contribution in [3.05, 3.63) is 66.1 Å². The first-order chi connectivity index (χ1) is 12.3. The van der Waals surface area contributed by atoms with Gasteiger partial charge in [-0.3, -0.25) is 14.9 Å². The van der Waals surface area contributed by atoms with Crippen molar-refractivity contribution in [2.75, 3.05) is 6.61 Å². The number of carbonyl (C=O) groups is 1. The average molecular weight is 437 g/mol. The summed E-state index contributed by atoms with van der Waals surface area (Å²) >= 11 is 23.5. The second kappa shape index (κ2) is 9.05. The number of benzene rings is 2. The molecule has 26 heavy (non-hydrogen) atoms. The molecule has 0 aliphatic rings. The number of halogens is 4. The van der Waals surface area contributed by atoms with Crippen molar-refractivity contribution in [3.63, 3.8) is 0 Å². The molecule has 0 saturated carbocycles. The molecule has 0 saturated heterocycles. The Morgan fingerprint density at radius 1 is 1.19 bits per heavy atom. The highest BCUT2D eigenvalue weighted by Gasteiger charge is 2.21. The summed E-state index contributed by atoms with van der Waals surface area (Å²) in [5.74, 6) is -0.945. The Kier molecular flexibility index (Phi) is 7.05. The number of hydrogen-bond acceptors (Lipinski definition) is 5. The molecule has 0 aliphatic carbocycles. The van der Waals surface area contributed by atoms with Gasteiger partial charge in [0, 0.05) is 16.7 Å². The lowest BCUT2D eigenvalue weighted by atomic mass is 10.2. The summed E-state index contributed by atoms with van der Waals surface area (Å²) in [5.41, 5.74) is 2.15. The number of ether oxygens (including phenoxy) is 1. The van der Waals surface area contributed by atoms with Gasteiger partial charge in [-0.15, -0.1) is 0 Å². The molecule has 1 amide bonds. The molecule has 0 unspecified atom stereocenters. The summed E-state index contributed by atoms with van der Waals surface area (Å²) in [5, 5.41) is 15.4. The van der Waals surface area contributed by atoms with E-state index in [0.29, 0.717) is 15.6 Å². The first-order valence-corrected chi connectivity index (χ1v) is 8.33. The van der Waals surface area contributed by atoms with E-state index in [1.165, 1.54) is 12.3 Å². The maximum absolute atomic E-state index is 11.8. The van der Waals surface area contributed by atoms with Crippen LogP contribution >= 0.6 is 46.4 Å². The maximum atomic E-state index is 11.8. The first kappa shape index (κ1) is 20.3. The van der Waals surface area contributed by atoms with Gasteiger partial charge in [-0.05, 0) is 18.2 Å². The number of carbonyl (C=O) groups excluding carboxylic acids is 1. The van der Waals surface area contributed by atoms with E-state index in [1.54, 1.807) is 18.2 Å². The fourth-order valence-electron chi connectivity index (χ4n) is 1.80. The molecule has 2 aromatic carbocycles. The largest absolute Gasteiger partial charge is 0.476 e. The molecule has 7 nitrogen and oxygen atoms in total. The van der Waals surface area contributed by atoms with E-state index in [0.717, 1.165) is 6.07 Å². The van der Waals surface area contributed by atoms with E-state index in [1.807, 2.05) is 0 Å². The Bertz CT molecular complexity index is 869. The van der Waals surface area contributed by atoms with Crippen LogP contribution < -0.4 is 10.2 Å². The summed E-state index contributed by atoms with van der Waals surface area (Å²) in [6.45, 7) is -0.560. The molecule has 0 aromatic heterocycles. The topological polar surface area (TPSA) is 93.8 Å². The van der Waals surface area contributed by atoms with Gasteiger partial charge in [-0.1, -0.05) is 52.5 Å². The van der Waals surface area contributed by atoms with Gasteiger partial charge in [0.1, 0.15) is 0 Å². The molecule has 0 aliphatic heterocycles. The highest BCUT2D eigenvalue weighted by molar-refractivity contribution is 6.38. The van der Waals surface area contributed by atoms with Crippen LogP contribution in [0.3, 0.4) is 0 Å². The molecule has 1 N–H and O–H groups in total. The van der Waals surface area contributed by atoms with Gasteiger partial charge in [-0.25, -0.2) is 5.43 Å². The van der Waals surface area contributed by atoms with Crippen LogP contribution in [0.15, 0.2) is 35.4 Å². The van der Waals surface area contributed by atoms with E-state index in [-0.39, 0.29) is 15.8 Å². The van der Waals surface area contributed by atoms with Crippen molar-refractivity contribution < 1.29 is 14.5 Å². The van der Waals surface area contributed by atoms with Crippen LogP contribution in [0.1, 0.15) is 5.56 Å². The number of nitrogens with zero attached hydrogens (tertiary/aromatic N) is 2. The lowest BCUT2D eigenvalue weighted by molar-refractivity contribution is -0.385. The lowest BCUT2D eigenvalue weighted by Crippen LogP contribution is -2.25. The van der Waals surface area contributed by atoms with E-state index < -0.39 is 23.1 Å². The maximum Gasteiger partial charge on any atom is 0.314 e. The van der Waals surface area contributed by atoms with E-state index in [9.17, 15) is 14.9 Å². The second-order valence-electron chi connectivity index (χ2n) is 4.71. The second-order valence-corrected chi connectivity index (χ2v) is 6.37. The third kappa shape index (κ3) is 5.22. The van der Waals surface area contributed by atoms with E-state index >= 15 is 0 Å². The Balaban J connectivity index is 2.02. The molecule has 0 radical (unpaired) electrons. The summed E-state index contributed by atoms with van der Waals surface area (Å²) in [4.78, 5) is 22.1. The average Bonchev–Trinajstić information content (AvgIpc) is 2.56. The predicted molar refractivity (Wildman–Crippen MR) is 101 cm³/mol. The number of rotatable bonds is 6. The monoisotopic (exact) mass is 435 g/mol. The van der Waals surface area contributed by atoms with Crippen LogP contribution in [-0.4, -0.2) is 23.7 Å². The number of hydrazone groups is 1.